The lowest BCUT2D eigenvalue weighted by Gasteiger charge is -2.15. The van der Waals surface area contributed by atoms with Crippen molar-refractivity contribution in [2.75, 3.05) is 13.1 Å². The van der Waals surface area contributed by atoms with Crippen LogP contribution < -0.4 is 5.32 Å². The predicted octanol–water partition coefficient (Wildman–Crippen LogP) is 4.04. The number of carbonyl (C=O) groups excluding carboxylic acids is 2. The molecule has 138 valence electrons. The number of amides is 2. The van der Waals surface area contributed by atoms with Gasteiger partial charge in [0, 0.05) is 30.6 Å². The monoisotopic (exact) mass is 397 g/mol. The molecule has 1 aromatic carbocycles. The van der Waals surface area contributed by atoms with Gasteiger partial charge in [-0.2, -0.15) is 0 Å². The Kier molecular flexibility index (Phi) is 5.31. The summed E-state index contributed by atoms with van der Waals surface area (Å²) in [7, 11) is 0. The van der Waals surface area contributed by atoms with Crippen LogP contribution in [0.2, 0.25) is 0 Å². The number of likely N-dealkylation sites (tertiary alicyclic amines) is 1. The SMILES string of the molecule is O=C(NCc1cccc(C(=O)N2CCCC2)c1)c1csc(-c2cccs2)n1. The standard InChI is InChI=1S/C20H19N3O2S2/c24-18(16-13-27-19(22-16)17-7-4-10-26-17)21-12-14-5-3-6-15(11-14)20(25)23-8-1-2-9-23/h3-7,10-11,13H,1-2,8-9,12H2,(H,21,24). The highest BCUT2D eigenvalue weighted by atomic mass is 32.1. The van der Waals surface area contributed by atoms with Crippen LogP contribution in [0.25, 0.3) is 9.88 Å². The summed E-state index contributed by atoms with van der Waals surface area (Å²) in [6, 6.07) is 11.4. The van der Waals surface area contributed by atoms with Gasteiger partial charge in [-0.25, -0.2) is 4.98 Å². The first kappa shape index (κ1) is 17.9. The summed E-state index contributed by atoms with van der Waals surface area (Å²) in [6.07, 6.45) is 2.14. The van der Waals surface area contributed by atoms with Crippen molar-refractivity contribution in [3.63, 3.8) is 0 Å². The zero-order valence-electron chi connectivity index (χ0n) is 14.7. The van der Waals surface area contributed by atoms with Gasteiger partial charge in [-0.05, 0) is 42.0 Å². The number of aromatic nitrogens is 1. The summed E-state index contributed by atoms with van der Waals surface area (Å²) in [6.45, 7) is 2.03. The maximum Gasteiger partial charge on any atom is 0.271 e. The van der Waals surface area contributed by atoms with Crippen LogP contribution in [0, 0.1) is 0 Å². The van der Waals surface area contributed by atoms with Gasteiger partial charge in [0.25, 0.3) is 11.8 Å². The summed E-state index contributed by atoms with van der Waals surface area (Å²) in [4.78, 5) is 32.3. The molecule has 2 aromatic heterocycles. The molecular formula is C20H19N3O2S2. The topological polar surface area (TPSA) is 62.3 Å². The molecule has 4 rings (SSSR count). The maximum atomic E-state index is 12.5. The van der Waals surface area contributed by atoms with Crippen LogP contribution in [-0.4, -0.2) is 34.8 Å². The van der Waals surface area contributed by atoms with Crippen LogP contribution in [0.3, 0.4) is 0 Å². The highest BCUT2D eigenvalue weighted by Crippen LogP contribution is 2.27. The largest absolute Gasteiger partial charge is 0.347 e. The second-order valence-electron chi connectivity index (χ2n) is 6.40. The Morgan fingerprint density at radius 3 is 2.74 bits per heavy atom. The summed E-state index contributed by atoms with van der Waals surface area (Å²) in [5.41, 5.74) is 2.01. The first-order valence-electron chi connectivity index (χ1n) is 8.86. The number of hydrogen-bond acceptors (Lipinski definition) is 5. The van der Waals surface area contributed by atoms with Crippen LogP contribution in [0.5, 0.6) is 0 Å². The van der Waals surface area contributed by atoms with Gasteiger partial charge in [0.05, 0.1) is 4.88 Å². The van der Waals surface area contributed by atoms with Gasteiger partial charge in [0.15, 0.2) is 0 Å². The number of nitrogens with one attached hydrogen (secondary N) is 1. The number of thiazole rings is 1. The summed E-state index contributed by atoms with van der Waals surface area (Å²) < 4.78 is 0. The van der Waals surface area contributed by atoms with E-state index in [1.807, 2.05) is 46.7 Å². The summed E-state index contributed by atoms with van der Waals surface area (Å²) in [5.74, 6) is -0.133. The number of carbonyl (C=O) groups is 2. The van der Waals surface area contributed by atoms with E-state index in [1.54, 1.807) is 16.7 Å². The average molecular weight is 398 g/mol. The minimum atomic E-state index is -0.203. The third kappa shape index (κ3) is 4.09. The molecule has 0 unspecified atom stereocenters. The number of rotatable bonds is 5. The van der Waals surface area contributed by atoms with E-state index in [0.717, 1.165) is 41.4 Å². The molecular weight excluding hydrogens is 378 g/mol. The molecule has 0 atom stereocenters. The molecule has 1 aliphatic heterocycles. The predicted molar refractivity (Wildman–Crippen MR) is 108 cm³/mol. The molecule has 5 nitrogen and oxygen atoms in total. The highest BCUT2D eigenvalue weighted by molar-refractivity contribution is 7.20. The van der Waals surface area contributed by atoms with E-state index in [2.05, 4.69) is 10.3 Å². The lowest BCUT2D eigenvalue weighted by Crippen LogP contribution is -2.28. The van der Waals surface area contributed by atoms with Crippen LogP contribution in [-0.2, 0) is 6.54 Å². The van der Waals surface area contributed by atoms with E-state index in [-0.39, 0.29) is 11.8 Å². The number of benzene rings is 1. The second-order valence-corrected chi connectivity index (χ2v) is 8.20. The fourth-order valence-corrected chi connectivity index (χ4v) is 4.70. The van der Waals surface area contributed by atoms with E-state index in [9.17, 15) is 9.59 Å². The molecule has 1 aliphatic rings. The van der Waals surface area contributed by atoms with Crippen LogP contribution in [0.4, 0.5) is 0 Å². The minimum absolute atomic E-state index is 0.0702. The van der Waals surface area contributed by atoms with E-state index in [4.69, 9.17) is 0 Å². The van der Waals surface area contributed by atoms with Gasteiger partial charge in [-0.1, -0.05) is 18.2 Å². The lowest BCUT2D eigenvalue weighted by molar-refractivity contribution is 0.0792. The fraction of sp³-hybridized carbons (Fsp3) is 0.250. The Labute approximate surface area is 165 Å². The van der Waals surface area contributed by atoms with Gasteiger partial charge in [-0.3, -0.25) is 9.59 Å². The molecule has 1 saturated heterocycles. The summed E-state index contributed by atoms with van der Waals surface area (Å²) in [5, 5.41) is 7.52. The quantitative estimate of drug-likeness (QED) is 0.707. The fourth-order valence-electron chi connectivity index (χ4n) is 3.08. The van der Waals surface area contributed by atoms with E-state index >= 15 is 0 Å². The zero-order chi connectivity index (χ0) is 18.6. The smallest absolute Gasteiger partial charge is 0.271 e. The van der Waals surface area contributed by atoms with Crippen molar-refractivity contribution in [1.29, 1.82) is 0 Å². The van der Waals surface area contributed by atoms with E-state index in [1.165, 1.54) is 11.3 Å². The Morgan fingerprint density at radius 1 is 1.11 bits per heavy atom. The van der Waals surface area contributed by atoms with Gasteiger partial charge in [0.2, 0.25) is 0 Å². The third-order valence-electron chi connectivity index (χ3n) is 4.49. The van der Waals surface area contributed by atoms with Gasteiger partial charge < -0.3 is 10.2 Å². The van der Waals surface area contributed by atoms with Crippen LogP contribution in [0.15, 0.2) is 47.2 Å². The third-order valence-corrected chi connectivity index (χ3v) is 6.37. The molecule has 0 radical (unpaired) electrons. The molecule has 1 N–H and O–H groups in total. The first-order chi connectivity index (χ1) is 13.2. The van der Waals surface area contributed by atoms with Gasteiger partial charge >= 0.3 is 0 Å². The highest BCUT2D eigenvalue weighted by Gasteiger charge is 2.19. The van der Waals surface area contributed by atoms with Crippen molar-refractivity contribution in [2.45, 2.75) is 19.4 Å². The van der Waals surface area contributed by atoms with Gasteiger partial charge in [-0.15, -0.1) is 22.7 Å². The minimum Gasteiger partial charge on any atom is -0.347 e. The Bertz CT molecular complexity index is 944. The molecule has 27 heavy (non-hydrogen) atoms. The van der Waals surface area contributed by atoms with Crippen molar-refractivity contribution in [3.05, 3.63) is 64.0 Å². The number of nitrogens with zero attached hydrogens (tertiary/aromatic N) is 2. The van der Waals surface area contributed by atoms with Crippen molar-refractivity contribution in [3.8, 4) is 9.88 Å². The van der Waals surface area contributed by atoms with Crippen LogP contribution >= 0.6 is 22.7 Å². The molecule has 0 aliphatic carbocycles. The van der Waals surface area contributed by atoms with Gasteiger partial charge in [0.1, 0.15) is 10.7 Å². The van der Waals surface area contributed by atoms with E-state index in [0.29, 0.717) is 17.8 Å². The molecule has 0 saturated carbocycles. The number of thiophene rings is 1. The van der Waals surface area contributed by atoms with Crippen LogP contribution in [0.1, 0.15) is 39.3 Å². The molecule has 7 heteroatoms. The maximum absolute atomic E-state index is 12.5. The average Bonchev–Trinajstić information content (AvgIpc) is 3.46. The molecule has 0 spiro atoms. The Hall–Kier alpha value is -2.51. The zero-order valence-corrected chi connectivity index (χ0v) is 16.3. The normalized spacial score (nSPS) is 13.7. The second kappa shape index (κ2) is 8.02. The molecule has 3 heterocycles. The van der Waals surface area contributed by atoms with Crippen molar-refractivity contribution in [1.82, 2.24) is 15.2 Å². The Morgan fingerprint density at radius 2 is 1.96 bits per heavy atom. The van der Waals surface area contributed by atoms with Crippen molar-refractivity contribution >= 4 is 34.5 Å². The van der Waals surface area contributed by atoms with E-state index < -0.39 is 0 Å². The molecule has 2 amide bonds. The first-order valence-corrected chi connectivity index (χ1v) is 10.6. The lowest BCUT2D eigenvalue weighted by atomic mass is 10.1. The van der Waals surface area contributed by atoms with Crippen molar-refractivity contribution in [2.24, 2.45) is 0 Å². The molecule has 3 aromatic rings. The molecule has 1 fully saturated rings. The number of hydrogen-bond donors (Lipinski definition) is 1. The summed E-state index contributed by atoms with van der Waals surface area (Å²) >= 11 is 3.07. The van der Waals surface area contributed by atoms with Crippen molar-refractivity contribution < 1.29 is 9.59 Å². The Balaban J connectivity index is 1.39. The molecule has 0 bridgehead atoms.